The number of hydrogen-bond donors (Lipinski definition) is 2. The van der Waals surface area contributed by atoms with Crippen molar-refractivity contribution in [3.05, 3.63) is 48.0 Å². The molecule has 2 rings (SSSR count). The average Bonchev–Trinajstić information content (AvgIpc) is 2.31. The number of nitrogens with two attached hydrogens (primary N) is 1. The zero-order valence-electron chi connectivity index (χ0n) is 10.1. The molecule has 0 saturated heterocycles. The molecule has 0 aliphatic heterocycles. The van der Waals surface area contributed by atoms with Crippen LogP contribution in [0.1, 0.15) is 5.69 Å². The molecule has 7 heteroatoms. The molecule has 19 heavy (non-hydrogen) atoms. The highest BCUT2D eigenvalue weighted by atomic mass is 32.2. The molecular weight excluding hydrogens is 269 g/mol. The lowest BCUT2D eigenvalue weighted by Gasteiger charge is -2.11. The van der Waals surface area contributed by atoms with Crippen LogP contribution in [0.25, 0.3) is 0 Å². The molecule has 0 fully saturated rings. The number of nitrogen functional groups attached to an aromatic ring is 1. The van der Waals surface area contributed by atoms with Gasteiger partial charge in [-0.3, -0.25) is 9.71 Å². The maximum absolute atomic E-state index is 12.9. The number of halogens is 1. The monoisotopic (exact) mass is 281 g/mol. The predicted molar refractivity (Wildman–Crippen MR) is 70.6 cm³/mol. The summed E-state index contributed by atoms with van der Waals surface area (Å²) in [6.45, 7) is 1.67. The standard InChI is InChI=1S/C12H12FN3O2S/c1-8-11(3-2-6-15-8)16-19(17,18)12-5-4-9(13)7-10(12)14/h2-7,16H,14H2,1H3. The molecule has 0 radical (unpaired) electrons. The number of hydrogen-bond acceptors (Lipinski definition) is 4. The minimum atomic E-state index is -3.86. The fourth-order valence-corrected chi connectivity index (χ4v) is 2.79. The highest BCUT2D eigenvalue weighted by Gasteiger charge is 2.18. The number of sulfonamides is 1. The Kier molecular flexibility index (Phi) is 3.39. The SMILES string of the molecule is Cc1ncccc1NS(=O)(=O)c1ccc(F)cc1N. The van der Waals surface area contributed by atoms with Crippen molar-refractivity contribution in [1.29, 1.82) is 0 Å². The topological polar surface area (TPSA) is 85.1 Å². The number of aryl methyl sites for hydroxylation is 1. The van der Waals surface area contributed by atoms with Crippen LogP contribution in [-0.4, -0.2) is 13.4 Å². The van der Waals surface area contributed by atoms with Crippen molar-refractivity contribution in [2.75, 3.05) is 10.5 Å². The number of anilines is 2. The zero-order valence-corrected chi connectivity index (χ0v) is 10.9. The number of rotatable bonds is 3. The molecule has 0 saturated carbocycles. The summed E-state index contributed by atoms with van der Waals surface area (Å²) in [4.78, 5) is 3.81. The minimum absolute atomic E-state index is 0.144. The Bertz CT molecular complexity index is 717. The van der Waals surface area contributed by atoms with Gasteiger partial charge in [0.1, 0.15) is 10.7 Å². The van der Waals surface area contributed by atoms with E-state index in [0.29, 0.717) is 11.4 Å². The minimum Gasteiger partial charge on any atom is -0.398 e. The highest BCUT2D eigenvalue weighted by Crippen LogP contribution is 2.23. The van der Waals surface area contributed by atoms with Crippen LogP contribution in [0.4, 0.5) is 15.8 Å². The second kappa shape index (κ2) is 4.85. The third-order valence-electron chi connectivity index (χ3n) is 2.51. The van der Waals surface area contributed by atoms with E-state index in [-0.39, 0.29) is 10.6 Å². The van der Waals surface area contributed by atoms with Gasteiger partial charge in [-0.1, -0.05) is 0 Å². The molecule has 100 valence electrons. The van der Waals surface area contributed by atoms with Gasteiger partial charge in [0.25, 0.3) is 10.0 Å². The van der Waals surface area contributed by atoms with Crippen molar-refractivity contribution < 1.29 is 12.8 Å². The number of aromatic nitrogens is 1. The van der Waals surface area contributed by atoms with Gasteiger partial charge >= 0.3 is 0 Å². The first-order valence-electron chi connectivity index (χ1n) is 5.39. The fourth-order valence-electron chi connectivity index (χ4n) is 1.56. The molecule has 1 aromatic carbocycles. The van der Waals surface area contributed by atoms with Crippen LogP contribution < -0.4 is 10.5 Å². The lowest BCUT2D eigenvalue weighted by molar-refractivity contribution is 0.600. The summed E-state index contributed by atoms with van der Waals surface area (Å²) in [5, 5.41) is 0. The molecule has 0 spiro atoms. The second-order valence-electron chi connectivity index (χ2n) is 3.92. The summed E-state index contributed by atoms with van der Waals surface area (Å²) in [5.74, 6) is -0.589. The van der Waals surface area contributed by atoms with Crippen molar-refractivity contribution in [1.82, 2.24) is 4.98 Å². The lowest BCUT2D eigenvalue weighted by Crippen LogP contribution is -2.15. The molecule has 5 nitrogen and oxygen atoms in total. The Morgan fingerprint density at radius 2 is 2.05 bits per heavy atom. The molecule has 0 aliphatic rings. The van der Waals surface area contributed by atoms with Gasteiger partial charge in [-0.25, -0.2) is 12.8 Å². The van der Waals surface area contributed by atoms with E-state index < -0.39 is 15.8 Å². The number of nitrogens with one attached hydrogen (secondary N) is 1. The summed E-state index contributed by atoms with van der Waals surface area (Å²) in [5.41, 5.74) is 6.27. The van der Waals surface area contributed by atoms with E-state index >= 15 is 0 Å². The third-order valence-corrected chi connectivity index (χ3v) is 3.95. The molecule has 1 heterocycles. The Hall–Kier alpha value is -2.15. The van der Waals surface area contributed by atoms with Crippen LogP contribution in [0.15, 0.2) is 41.4 Å². The first-order chi connectivity index (χ1) is 8.90. The van der Waals surface area contributed by atoms with Gasteiger partial charge in [0, 0.05) is 6.20 Å². The molecule has 2 aromatic rings. The maximum atomic E-state index is 12.9. The molecule has 1 aromatic heterocycles. The van der Waals surface area contributed by atoms with E-state index in [0.717, 1.165) is 18.2 Å². The number of nitrogens with zero attached hydrogens (tertiary/aromatic N) is 1. The molecule has 0 amide bonds. The second-order valence-corrected chi connectivity index (χ2v) is 5.57. The van der Waals surface area contributed by atoms with E-state index in [1.54, 1.807) is 25.3 Å². The van der Waals surface area contributed by atoms with Gasteiger partial charge < -0.3 is 5.73 Å². The van der Waals surface area contributed by atoms with Crippen molar-refractivity contribution in [3.63, 3.8) is 0 Å². The smallest absolute Gasteiger partial charge is 0.264 e. The van der Waals surface area contributed by atoms with E-state index in [2.05, 4.69) is 9.71 Å². The summed E-state index contributed by atoms with van der Waals surface area (Å²) in [6.07, 6.45) is 1.55. The fraction of sp³-hybridized carbons (Fsp3) is 0.0833. The molecule has 0 bridgehead atoms. The van der Waals surface area contributed by atoms with Crippen molar-refractivity contribution in [2.45, 2.75) is 11.8 Å². The van der Waals surface area contributed by atoms with E-state index in [1.807, 2.05) is 0 Å². The van der Waals surface area contributed by atoms with Gasteiger partial charge in [-0.05, 0) is 37.3 Å². The first-order valence-corrected chi connectivity index (χ1v) is 6.88. The van der Waals surface area contributed by atoms with Crippen LogP contribution in [0.5, 0.6) is 0 Å². The molecular formula is C12H12FN3O2S. The van der Waals surface area contributed by atoms with Crippen molar-refractivity contribution in [3.8, 4) is 0 Å². The number of benzene rings is 1. The van der Waals surface area contributed by atoms with Crippen molar-refractivity contribution >= 4 is 21.4 Å². The van der Waals surface area contributed by atoms with Gasteiger partial charge in [-0.2, -0.15) is 0 Å². The van der Waals surface area contributed by atoms with Gasteiger partial charge in [0.15, 0.2) is 0 Å². The summed E-state index contributed by atoms with van der Waals surface area (Å²) >= 11 is 0. The van der Waals surface area contributed by atoms with Gasteiger partial charge in [0.2, 0.25) is 0 Å². The van der Waals surface area contributed by atoms with E-state index in [1.165, 1.54) is 0 Å². The van der Waals surface area contributed by atoms with Crippen LogP contribution in [0.2, 0.25) is 0 Å². The third kappa shape index (κ3) is 2.82. The quantitative estimate of drug-likeness (QED) is 0.842. The van der Waals surface area contributed by atoms with Crippen LogP contribution in [-0.2, 0) is 10.0 Å². The largest absolute Gasteiger partial charge is 0.398 e. The van der Waals surface area contributed by atoms with Gasteiger partial charge in [-0.15, -0.1) is 0 Å². The number of pyridine rings is 1. The highest BCUT2D eigenvalue weighted by molar-refractivity contribution is 7.92. The van der Waals surface area contributed by atoms with Gasteiger partial charge in [0.05, 0.1) is 17.1 Å². The Balaban J connectivity index is 2.41. The van der Waals surface area contributed by atoms with E-state index in [4.69, 9.17) is 5.73 Å². The van der Waals surface area contributed by atoms with Crippen LogP contribution in [0.3, 0.4) is 0 Å². The maximum Gasteiger partial charge on any atom is 0.264 e. The molecule has 3 N–H and O–H groups in total. The summed E-state index contributed by atoms with van der Waals surface area (Å²) < 4.78 is 39.6. The summed E-state index contributed by atoms with van der Waals surface area (Å²) in [6, 6.07) is 6.32. The van der Waals surface area contributed by atoms with Crippen LogP contribution in [0, 0.1) is 12.7 Å². The lowest BCUT2D eigenvalue weighted by atomic mass is 10.3. The normalized spacial score (nSPS) is 11.3. The molecule has 0 aliphatic carbocycles. The molecule has 0 unspecified atom stereocenters. The predicted octanol–water partition coefficient (Wildman–Crippen LogP) is 1.91. The molecule has 0 atom stereocenters. The van der Waals surface area contributed by atoms with Crippen molar-refractivity contribution in [2.24, 2.45) is 0 Å². The first kappa shape index (κ1) is 13.3. The average molecular weight is 281 g/mol. The van der Waals surface area contributed by atoms with Crippen LogP contribution >= 0.6 is 0 Å². The Morgan fingerprint density at radius 1 is 1.32 bits per heavy atom. The zero-order chi connectivity index (χ0) is 14.0. The Labute approximate surface area is 110 Å². The van der Waals surface area contributed by atoms with E-state index in [9.17, 15) is 12.8 Å². The Morgan fingerprint density at radius 3 is 2.68 bits per heavy atom. The summed E-state index contributed by atoms with van der Waals surface area (Å²) in [7, 11) is -3.86.